The van der Waals surface area contributed by atoms with Crippen molar-refractivity contribution in [1.82, 2.24) is 5.32 Å². The summed E-state index contributed by atoms with van der Waals surface area (Å²) in [6.07, 6.45) is 12.7. The monoisotopic (exact) mass is 367 g/mol. The maximum Gasteiger partial charge on any atom is 0.196 e. The smallest absolute Gasteiger partial charge is 0.196 e. The van der Waals surface area contributed by atoms with Gasteiger partial charge in [0.15, 0.2) is 5.96 Å². The minimum Gasteiger partial charge on any atom is -0.353 e. The fraction of sp³-hybridized carbons (Fsp3) is 0.632. The van der Waals surface area contributed by atoms with E-state index in [0.717, 1.165) is 11.6 Å². The van der Waals surface area contributed by atoms with E-state index in [1.54, 1.807) is 6.07 Å². The minimum atomic E-state index is 0.420. The van der Waals surface area contributed by atoms with E-state index in [0.29, 0.717) is 22.1 Å². The van der Waals surface area contributed by atoms with Gasteiger partial charge in [0, 0.05) is 11.1 Å². The SMILES string of the molecule is Clc1ccc(NC(=NC2CCCCC2)NC2CCCCC2)c(Cl)c1. The fourth-order valence-electron chi connectivity index (χ4n) is 3.66. The van der Waals surface area contributed by atoms with Crippen molar-refractivity contribution in [2.45, 2.75) is 76.3 Å². The molecule has 2 aliphatic rings. The molecule has 0 atom stereocenters. The van der Waals surface area contributed by atoms with E-state index in [1.807, 2.05) is 12.1 Å². The van der Waals surface area contributed by atoms with Crippen molar-refractivity contribution >= 4 is 34.8 Å². The first-order chi connectivity index (χ1) is 11.7. The standard InChI is InChI=1S/C19H27Cl2N3/c20-14-11-12-18(17(21)13-14)24-19(22-15-7-3-1-4-8-15)23-16-9-5-2-6-10-16/h11-13,15-16H,1-10H2,(H2,22,23,24). The van der Waals surface area contributed by atoms with Gasteiger partial charge in [-0.2, -0.15) is 0 Å². The maximum atomic E-state index is 6.33. The van der Waals surface area contributed by atoms with Crippen molar-refractivity contribution in [3.05, 3.63) is 28.2 Å². The first-order valence-corrected chi connectivity index (χ1v) is 10.0. The normalized spacial score (nSPS) is 20.8. The van der Waals surface area contributed by atoms with Crippen LogP contribution in [0, 0.1) is 0 Å². The molecule has 132 valence electrons. The van der Waals surface area contributed by atoms with Gasteiger partial charge in [-0.1, -0.05) is 61.7 Å². The second-order valence-corrected chi connectivity index (χ2v) is 7.84. The van der Waals surface area contributed by atoms with E-state index in [-0.39, 0.29) is 0 Å². The number of halogens is 2. The Bertz CT molecular complexity index is 562. The summed E-state index contributed by atoms with van der Waals surface area (Å²) in [6.45, 7) is 0. The van der Waals surface area contributed by atoms with E-state index < -0.39 is 0 Å². The Labute approximate surface area is 155 Å². The Morgan fingerprint density at radius 2 is 1.58 bits per heavy atom. The van der Waals surface area contributed by atoms with Crippen molar-refractivity contribution < 1.29 is 0 Å². The lowest BCUT2D eigenvalue weighted by atomic mass is 9.95. The number of benzene rings is 1. The molecule has 0 spiro atoms. The summed E-state index contributed by atoms with van der Waals surface area (Å²) < 4.78 is 0. The van der Waals surface area contributed by atoms with Crippen molar-refractivity contribution in [3.8, 4) is 0 Å². The zero-order valence-corrected chi connectivity index (χ0v) is 15.7. The summed E-state index contributed by atoms with van der Waals surface area (Å²) in [4.78, 5) is 4.99. The molecule has 3 rings (SSSR count). The average Bonchev–Trinajstić information content (AvgIpc) is 2.59. The van der Waals surface area contributed by atoms with E-state index in [4.69, 9.17) is 28.2 Å². The molecule has 0 heterocycles. The van der Waals surface area contributed by atoms with E-state index >= 15 is 0 Å². The van der Waals surface area contributed by atoms with Gasteiger partial charge in [0.25, 0.3) is 0 Å². The highest BCUT2D eigenvalue weighted by atomic mass is 35.5. The van der Waals surface area contributed by atoms with E-state index in [2.05, 4.69) is 10.6 Å². The predicted octanol–water partition coefficient (Wildman–Crippen LogP) is 6.02. The Balaban J connectivity index is 1.73. The lowest BCUT2D eigenvalue weighted by Crippen LogP contribution is -2.41. The van der Waals surface area contributed by atoms with Crippen LogP contribution in [0.25, 0.3) is 0 Å². The fourth-order valence-corrected chi connectivity index (χ4v) is 4.11. The van der Waals surface area contributed by atoms with Gasteiger partial charge < -0.3 is 10.6 Å². The van der Waals surface area contributed by atoms with Gasteiger partial charge in [-0.15, -0.1) is 0 Å². The summed E-state index contributed by atoms with van der Waals surface area (Å²) in [5.41, 5.74) is 0.860. The molecule has 2 saturated carbocycles. The number of nitrogens with one attached hydrogen (secondary N) is 2. The van der Waals surface area contributed by atoms with Crippen molar-refractivity contribution in [2.24, 2.45) is 4.99 Å². The number of hydrogen-bond donors (Lipinski definition) is 2. The minimum absolute atomic E-state index is 0.420. The molecule has 0 radical (unpaired) electrons. The largest absolute Gasteiger partial charge is 0.353 e. The number of anilines is 1. The summed E-state index contributed by atoms with van der Waals surface area (Å²) in [5.74, 6) is 0.873. The van der Waals surface area contributed by atoms with Gasteiger partial charge in [-0.3, -0.25) is 0 Å². The molecule has 2 fully saturated rings. The van der Waals surface area contributed by atoms with Gasteiger partial charge in [-0.05, 0) is 43.9 Å². The molecule has 5 heteroatoms. The number of hydrogen-bond acceptors (Lipinski definition) is 1. The molecule has 0 bridgehead atoms. The summed E-state index contributed by atoms with van der Waals surface area (Å²) in [7, 11) is 0. The molecule has 1 aromatic carbocycles. The third kappa shape index (κ3) is 5.29. The molecule has 24 heavy (non-hydrogen) atoms. The van der Waals surface area contributed by atoms with Crippen LogP contribution >= 0.6 is 23.2 Å². The average molecular weight is 368 g/mol. The van der Waals surface area contributed by atoms with Gasteiger partial charge >= 0.3 is 0 Å². The Morgan fingerprint density at radius 3 is 2.25 bits per heavy atom. The quantitative estimate of drug-likeness (QED) is 0.506. The highest BCUT2D eigenvalue weighted by molar-refractivity contribution is 6.36. The molecular weight excluding hydrogens is 341 g/mol. The Kier molecular flexibility index (Phi) is 6.67. The lowest BCUT2D eigenvalue weighted by Gasteiger charge is -2.27. The maximum absolute atomic E-state index is 6.33. The zero-order valence-electron chi connectivity index (χ0n) is 14.2. The lowest BCUT2D eigenvalue weighted by molar-refractivity contribution is 0.408. The predicted molar refractivity (Wildman–Crippen MR) is 104 cm³/mol. The number of aliphatic imine (C=N–C) groups is 1. The molecule has 0 unspecified atom stereocenters. The second-order valence-electron chi connectivity index (χ2n) is 7.00. The topological polar surface area (TPSA) is 36.4 Å². The van der Waals surface area contributed by atoms with Gasteiger partial charge in [-0.25, -0.2) is 4.99 Å². The summed E-state index contributed by atoms with van der Waals surface area (Å²) >= 11 is 12.3. The highest BCUT2D eigenvalue weighted by Crippen LogP contribution is 2.26. The first kappa shape index (κ1) is 17.9. The molecule has 2 N–H and O–H groups in total. The van der Waals surface area contributed by atoms with Crippen LogP contribution in [0.3, 0.4) is 0 Å². The van der Waals surface area contributed by atoms with Crippen LogP contribution in [0.2, 0.25) is 10.0 Å². The van der Waals surface area contributed by atoms with Crippen LogP contribution in [0.4, 0.5) is 5.69 Å². The van der Waals surface area contributed by atoms with Gasteiger partial charge in [0.05, 0.1) is 16.8 Å². The highest BCUT2D eigenvalue weighted by Gasteiger charge is 2.18. The molecule has 1 aromatic rings. The summed E-state index contributed by atoms with van der Waals surface area (Å²) in [5, 5.41) is 8.34. The molecule has 0 aliphatic heterocycles. The first-order valence-electron chi connectivity index (χ1n) is 9.27. The van der Waals surface area contributed by atoms with Crippen molar-refractivity contribution in [2.75, 3.05) is 5.32 Å². The van der Waals surface area contributed by atoms with E-state index in [1.165, 1.54) is 64.2 Å². The number of guanidine groups is 1. The summed E-state index contributed by atoms with van der Waals surface area (Å²) in [6, 6.07) is 6.48. The molecule has 3 nitrogen and oxygen atoms in total. The third-order valence-corrected chi connectivity index (χ3v) is 5.56. The van der Waals surface area contributed by atoms with Gasteiger partial charge in [0.1, 0.15) is 0 Å². The van der Waals surface area contributed by atoms with Crippen LogP contribution in [0.15, 0.2) is 23.2 Å². The van der Waals surface area contributed by atoms with Crippen molar-refractivity contribution in [1.29, 1.82) is 0 Å². The van der Waals surface area contributed by atoms with Gasteiger partial charge in [0.2, 0.25) is 0 Å². The van der Waals surface area contributed by atoms with Crippen LogP contribution in [0.1, 0.15) is 64.2 Å². The Morgan fingerprint density at radius 1 is 0.917 bits per heavy atom. The van der Waals surface area contributed by atoms with Crippen LogP contribution < -0.4 is 10.6 Å². The van der Waals surface area contributed by atoms with Crippen LogP contribution in [0.5, 0.6) is 0 Å². The molecule has 0 saturated heterocycles. The molecule has 0 aromatic heterocycles. The van der Waals surface area contributed by atoms with Crippen molar-refractivity contribution in [3.63, 3.8) is 0 Å². The molecular formula is C19H27Cl2N3. The zero-order chi connectivity index (χ0) is 16.8. The number of nitrogens with zero attached hydrogens (tertiary/aromatic N) is 1. The van der Waals surface area contributed by atoms with Crippen LogP contribution in [-0.4, -0.2) is 18.0 Å². The third-order valence-electron chi connectivity index (χ3n) is 5.02. The molecule has 2 aliphatic carbocycles. The number of rotatable bonds is 3. The van der Waals surface area contributed by atoms with Crippen LogP contribution in [-0.2, 0) is 0 Å². The second kappa shape index (κ2) is 8.96. The Hall–Kier alpha value is -0.930. The molecule has 0 amide bonds. The van der Waals surface area contributed by atoms with E-state index in [9.17, 15) is 0 Å².